The van der Waals surface area contributed by atoms with Gasteiger partial charge < -0.3 is 5.32 Å². The van der Waals surface area contributed by atoms with Crippen LogP contribution < -0.4 is 5.32 Å². The lowest BCUT2D eigenvalue weighted by atomic mass is 10.1. The number of nitrogens with zero attached hydrogens (tertiary/aromatic N) is 2. The molecular formula is C15H19F2N3. The predicted molar refractivity (Wildman–Crippen MR) is 74.6 cm³/mol. The normalized spacial score (nSPS) is 12.9. The van der Waals surface area contributed by atoms with Crippen molar-refractivity contribution in [2.24, 2.45) is 7.05 Å². The molecule has 1 heterocycles. The zero-order valence-electron chi connectivity index (χ0n) is 11.9. The molecule has 5 heteroatoms. The molecule has 0 aliphatic heterocycles. The van der Waals surface area contributed by atoms with E-state index in [0.717, 1.165) is 16.8 Å². The first-order valence-electron chi connectivity index (χ1n) is 6.58. The first-order valence-corrected chi connectivity index (χ1v) is 6.58. The second kappa shape index (κ2) is 6.13. The van der Waals surface area contributed by atoms with E-state index in [2.05, 4.69) is 10.4 Å². The summed E-state index contributed by atoms with van der Waals surface area (Å²) in [6.07, 6.45) is -0.587. The van der Waals surface area contributed by atoms with Gasteiger partial charge in [-0.25, -0.2) is 8.78 Å². The van der Waals surface area contributed by atoms with Crippen LogP contribution in [0.15, 0.2) is 30.5 Å². The van der Waals surface area contributed by atoms with Gasteiger partial charge in [0.15, 0.2) is 0 Å². The molecule has 0 aliphatic rings. The van der Waals surface area contributed by atoms with Gasteiger partial charge in [0.2, 0.25) is 0 Å². The average molecular weight is 279 g/mol. The van der Waals surface area contributed by atoms with E-state index < -0.39 is 6.43 Å². The highest BCUT2D eigenvalue weighted by atomic mass is 19.3. The number of benzene rings is 1. The van der Waals surface area contributed by atoms with Crippen molar-refractivity contribution in [1.29, 1.82) is 0 Å². The van der Waals surface area contributed by atoms with Gasteiger partial charge in [-0.1, -0.05) is 18.2 Å². The van der Waals surface area contributed by atoms with Gasteiger partial charge in [-0.2, -0.15) is 5.10 Å². The number of hydrogen-bond donors (Lipinski definition) is 1. The highest BCUT2D eigenvalue weighted by Crippen LogP contribution is 2.20. The predicted octanol–water partition coefficient (Wildman–Crippen LogP) is 3.52. The maximum Gasteiger partial charge on any atom is 0.263 e. The lowest BCUT2D eigenvalue weighted by Crippen LogP contribution is -2.18. The molecule has 0 fully saturated rings. The molecule has 108 valence electrons. The van der Waals surface area contributed by atoms with Crippen molar-refractivity contribution >= 4 is 0 Å². The van der Waals surface area contributed by atoms with Crippen LogP contribution >= 0.6 is 0 Å². The van der Waals surface area contributed by atoms with Crippen LogP contribution in [0.3, 0.4) is 0 Å². The Labute approximate surface area is 117 Å². The van der Waals surface area contributed by atoms with Gasteiger partial charge in [0.1, 0.15) is 0 Å². The van der Waals surface area contributed by atoms with Crippen molar-refractivity contribution in [1.82, 2.24) is 15.1 Å². The van der Waals surface area contributed by atoms with Gasteiger partial charge in [-0.3, -0.25) is 4.68 Å². The van der Waals surface area contributed by atoms with Crippen molar-refractivity contribution in [3.05, 3.63) is 52.8 Å². The first kappa shape index (κ1) is 14.7. The summed E-state index contributed by atoms with van der Waals surface area (Å²) >= 11 is 0. The Morgan fingerprint density at radius 2 is 2.10 bits per heavy atom. The molecule has 3 nitrogen and oxygen atoms in total. The molecule has 0 amide bonds. The number of rotatable bonds is 5. The fourth-order valence-electron chi connectivity index (χ4n) is 2.16. The summed E-state index contributed by atoms with van der Waals surface area (Å²) in [6.45, 7) is 4.61. The van der Waals surface area contributed by atoms with Crippen molar-refractivity contribution in [2.45, 2.75) is 32.9 Å². The zero-order valence-corrected chi connectivity index (χ0v) is 11.9. The van der Waals surface area contributed by atoms with Crippen LogP contribution in [0.1, 0.15) is 41.8 Å². The molecule has 1 N–H and O–H groups in total. The van der Waals surface area contributed by atoms with Gasteiger partial charge in [0.25, 0.3) is 6.43 Å². The Morgan fingerprint density at radius 1 is 1.35 bits per heavy atom. The minimum atomic E-state index is -2.42. The van der Waals surface area contributed by atoms with E-state index in [9.17, 15) is 8.78 Å². The van der Waals surface area contributed by atoms with Crippen LogP contribution in [0.5, 0.6) is 0 Å². The van der Waals surface area contributed by atoms with Crippen molar-refractivity contribution < 1.29 is 8.78 Å². The molecule has 2 rings (SSSR count). The average Bonchev–Trinajstić information content (AvgIpc) is 2.77. The van der Waals surface area contributed by atoms with Crippen LogP contribution in [0.2, 0.25) is 0 Å². The third-order valence-electron chi connectivity index (χ3n) is 3.56. The first-order chi connectivity index (χ1) is 9.49. The minimum Gasteiger partial charge on any atom is -0.306 e. The third kappa shape index (κ3) is 3.22. The molecule has 0 radical (unpaired) electrons. The van der Waals surface area contributed by atoms with Crippen LogP contribution in [0, 0.1) is 6.92 Å². The Balaban J connectivity index is 2.01. The standard InChI is InChI=1S/C15H19F2N3/c1-10(14-9-19-20(3)11(14)2)18-8-12-5-4-6-13(7-12)15(16)17/h4-7,9-10,15,18H,8H2,1-3H3. The Kier molecular flexibility index (Phi) is 4.49. The molecule has 20 heavy (non-hydrogen) atoms. The molecule has 0 saturated heterocycles. The van der Waals surface area contributed by atoms with Gasteiger partial charge in [-0.05, 0) is 25.5 Å². The summed E-state index contributed by atoms with van der Waals surface area (Å²) in [4.78, 5) is 0. The molecule has 1 aromatic carbocycles. The number of alkyl halides is 2. The fourth-order valence-corrected chi connectivity index (χ4v) is 2.16. The fraction of sp³-hybridized carbons (Fsp3) is 0.400. The van der Waals surface area contributed by atoms with E-state index in [-0.39, 0.29) is 11.6 Å². The molecule has 0 spiro atoms. The number of halogens is 2. The largest absolute Gasteiger partial charge is 0.306 e. The monoisotopic (exact) mass is 279 g/mol. The maximum atomic E-state index is 12.6. The summed E-state index contributed by atoms with van der Waals surface area (Å²) in [5, 5.41) is 7.54. The zero-order chi connectivity index (χ0) is 14.7. The van der Waals surface area contributed by atoms with Crippen LogP contribution in [-0.4, -0.2) is 9.78 Å². The second-order valence-electron chi connectivity index (χ2n) is 4.96. The summed E-state index contributed by atoms with van der Waals surface area (Å²) in [7, 11) is 1.90. The third-order valence-corrected chi connectivity index (χ3v) is 3.56. The van der Waals surface area contributed by atoms with E-state index in [1.54, 1.807) is 12.1 Å². The topological polar surface area (TPSA) is 29.9 Å². The quantitative estimate of drug-likeness (QED) is 0.907. The van der Waals surface area contributed by atoms with Gasteiger partial charge in [0, 0.05) is 36.5 Å². The van der Waals surface area contributed by atoms with E-state index in [1.807, 2.05) is 37.8 Å². The van der Waals surface area contributed by atoms with Crippen molar-refractivity contribution in [3.8, 4) is 0 Å². The van der Waals surface area contributed by atoms with Crippen LogP contribution in [0.25, 0.3) is 0 Å². The molecule has 1 aromatic heterocycles. The lowest BCUT2D eigenvalue weighted by Gasteiger charge is -2.14. The summed E-state index contributed by atoms with van der Waals surface area (Å²) in [6, 6.07) is 6.63. The molecular weight excluding hydrogens is 260 g/mol. The summed E-state index contributed by atoms with van der Waals surface area (Å²) in [5.41, 5.74) is 3.15. The SMILES string of the molecule is Cc1c(C(C)NCc2cccc(C(F)F)c2)cnn1C. The highest BCUT2D eigenvalue weighted by Gasteiger charge is 2.12. The molecule has 1 atom stereocenters. The molecule has 2 aromatic rings. The van der Waals surface area contributed by atoms with E-state index in [4.69, 9.17) is 0 Å². The number of aryl methyl sites for hydroxylation is 1. The van der Waals surface area contributed by atoms with E-state index in [1.165, 1.54) is 6.07 Å². The lowest BCUT2D eigenvalue weighted by molar-refractivity contribution is 0.151. The van der Waals surface area contributed by atoms with Crippen molar-refractivity contribution in [3.63, 3.8) is 0 Å². The maximum absolute atomic E-state index is 12.6. The van der Waals surface area contributed by atoms with Gasteiger partial charge in [-0.15, -0.1) is 0 Å². The number of nitrogens with one attached hydrogen (secondary N) is 1. The smallest absolute Gasteiger partial charge is 0.263 e. The molecule has 0 saturated carbocycles. The number of hydrogen-bond acceptors (Lipinski definition) is 2. The van der Waals surface area contributed by atoms with E-state index in [0.29, 0.717) is 6.54 Å². The van der Waals surface area contributed by atoms with Crippen LogP contribution in [-0.2, 0) is 13.6 Å². The van der Waals surface area contributed by atoms with E-state index >= 15 is 0 Å². The molecule has 0 bridgehead atoms. The summed E-state index contributed by atoms with van der Waals surface area (Å²) in [5.74, 6) is 0. The molecule has 0 aliphatic carbocycles. The Morgan fingerprint density at radius 3 is 2.70 bits per heavy atom. The summed E-state index contributed by atoms with van der Waals surface area (Å²) < 4.78 is 27.1. The van der Waals surface area contributed by atoms with Gasteiger partial charge >= 0.3 is 0 Å². The Bertz CT molecular complexity index is 578. The van der Waals surface area contributed by atoms with Crippen molar-refractivity contribution in [2.75, 3.05) is 0 Å². The highest BCUT2D eigenvalue weighted by molar-refractivity contribution is 5.25. The Hall–Kier alpha value is -1.75. The second-order valence-corrected chi connectivity index (χ2v) is 4.96. The van der Waals surface area contributed by atoms with Gasteiger partial charge in [0.05, 0.1) is 6.20 Å². The molecule has 1 unspecified atom stereocenters. The minimum absolute atomic E-state index is 0.0644. The number of aromatic nitrogens is 2. The van der Waals surface area contributed by atoms with Crippen LogP contribution in [0.4, 0.5) is 8.78 Å².